The summed E-state index contributed by atoms with van der Waals surface area (Å²) in [6.07, 6.45) is 2.08. The Morgan fingerprint density at radius 3 is 2.07 bits per heavy atom. The summed E-state index contributed by atoms with van der Waals surface area (Å²) in [4.78, 5) is 0. The predicted molar refractivity (Wildman–Crippen MR) is 111 cm³/mol. The van der Waals surface area contributed by atoms with Gasteiger partial charge in [0, 0.05) is 25.1 Å². The van der Waals surface area contributed by atoms with E-state index in [0.717, 1.165) is 31.6 Å². The Kier molecular flexibility index (Phi) is 6.15. The van der Waals surface area contributed by atoms with Crippen molar-refractivity contribution in [1.29, 1.82) is 0 Å². The van der Waals surface area contributed by atoms with E-state index in [2.05, 4.69) is 66.0 Å². The molecule has 1 heterocycles. The lowest BCUT2D eigenvalue weighted by Gasteiger charge is -2.36. The van der Waals surface area contributed by atoms with Crippen LogP contribution in [0.2, 0.25) is 0 Å². The van der Waals surface area contributed by atoms with Crippen LogP contribution in [0.4, 0.5) is 4.39 Å². The summed E-state index contributed by atoms with van der Waals surface area (Å²) < 4.78 is 19.4. The smallest absolute Gasteiger partial charge is 0.123 e. The van der Waals surface area contributed by atoms with Gasteiger partial charge in [0.15, 0.2) is 0 Å². The maximum absolute atomic E-state index is 13.1. The molecule has 0 amide bonds. The lowest BCUT2D eigenvalue weighted by molar-refractivity contribution is -0.00769. The quantitative estimate of drug-likeness (QED) is 0.632. The van der Waals surface area contributed by atoms with Crippen LogP contribution in [0.3, 0.4) is 0 Å². The molecule has 0 bridgehead atoms. The maximum atomic E-state index is 13.1. The molecule has 3 aromatic rings. The third-order valence-corrected chi connectivity index (χ3v) is 5.51. The highest BCUT2D eigenvalue weighted by Gasteiger charge is 2.31. The Hall–Kier alpha value is -2.49. The number of hydrogen-bond acceptors (Lipinski definition) is 2. The van der Waals surface area contributed by atoms with Gasteiger partial charge in [-0.05, 0) is 41.7 Å². The number of halogens is 1. The molecule has 2 nitrogen and oxygen atoms in total. The average Bonchev–Trinajstić information content (AvgIpc) is 2.75. The molecule has 1 aliphatic heterocycles. The normalized spacial score (nSPS) is 19.6. The van der Waals surface area contributed by atoms with E-state index < -0.39 is 0 Å². The highest BCUT2D eigenvalue weighted by atomic mass is 19.1. The highest BCUT2D eigenvalue weighted by molar-refractivity contribution is 5.34. The van der Waals surface area contributed by atoms with Gasteiger partial charge in [0.1, 0.15) is 5.82 Å². The fraction of sp³-hybridized carbons (Fsp3) is 0.280. The molecule has 1 saturated heterocycles. The van der Waals surface area contributed by atoms with Crippen molar-refractivity contribution in [3.63, 3.8) is 0 Å². The summed E-state index contributed by atoms with van der Waals surface area (Å²) in [5, 5.41) is 3.64. The first-order valence-electron chi connectivity index (χ1n) is 9.99. The molecular formula is C25H26FNO. The summed E-state index contributed by atoms with van der Waals surface area (Å²) in [6, 6.07) is 28.4. The number of nitrogens with one attached hydrogen (secondary N) is 1. The monoisotopic (exact) mass is 375 g/mol. The number of hydrogen-bond donors (Lipinski definition) is 1. The van der Waals surface area contributed by atoms with Crippen LogP contribution in [0.15, 0.2) is 84.9 Å². The highest BCUT2D eigenvalue weighted by Crippen LogP contribution is 2.34. The Bertz CT molecular complexity index is 811. The Morgan fingerprint density at radius 2 is 1.46 bits per heavy atom. The molecule has 0 aliphatic carbocycles. The molecule has 4 rings (SSSR count). The van der Waals surface area contributed by atoms with Crippen molar-refractivity contribution in [2.45, 2.75) is 37.5 Å². The van der Waals surface area contributed by atoms with Crippen LogP contribution in [0.25, 0.3) is 0 Å². The van der Waals surface area contributed by atoms with Crippen molar-refractivity contribution in [2.24, 2.45) is 0 Å². The minimum Gasteiger partial charge on any atom is -0.377 e. The number of ether oxygens (including phenoxy) is 1. The second kappa shape index (κ2) is 9.13. The summed E-state index contributed by atoms with van der Waals surface area (Å²) >= 11 is 0. The minimum absolute atomic E-state index is 0.129. The Morgan fingerprint density at radius 1 is 0.857 bits per heavy atom. The van der Waals surface area contributed by atoms with Gasteiger partial charge in [0.2, 0.25) is 0 Å². The van der Waals surface area contributed by atoms with Crippen LogP contribution in [-0.2, 0) is 11.3 Å². The van der Waals surface area contributed by atoms with Gasteiger partial charge in [-0.2, -0.15) is 0 Å². The number of rotatable bonds is 6. The molecule has 0 saturated carbocycles. The van der Waals surface area contributed by atoms with Crippen molar-refractivity contribution >= 4 is 0 Å². The van der Waals surface area contributed by atoms with Crippen LogP contribution in [0.1, 0.15) is 35.4 Å². The van der Waals surface area contributed by atoms with Gasteiger partial charge in [-0.1, -0.05) is 72.8 Å². The van der Waals surface area contributed by atoms with Gasteiger partial charge in [0.05, 0.1) is 6.10 Å². The van der Waals surface area contributed by atoms with E-state index in [0.29, 0.717) is 6.04 Å². The van der Waals surface area contributed by atoms with Crippen molar-refractivity contribution in [2.75, 3.05) is 6.61 Å². The summed E-state index contributed by atoms with van der Waals surface area (Å²) in [5.41, 5.74) is 3.68. The van der Waals surface area contributed by atoms with Crippen LogP contribution >= 0.6 is 0 Å². The van der Waals surface area contributed by atoms with E-state index in [1.807, 2.05) is 12.1 Å². The zero-order chi connectivity index (χ0) is 19.2. The van der Waals surface area contributed by atoms with Crippen molar-refractivity contribution in [1.82, 2.24) is 5.32 Å². The van der Waals surface area contributed by atoms with E-state index in [1.165, 1.54) is 23.3 Å². The molecule has 2 atom stereocenters. The first-order valence-corrected chi connectivity index (χ1v) is 9.99. The topological polar surface area (TPSA) is 21.3 Å². The molecule has 28 heavy (non-hydrogen) atoms. The summed E-state index contributed by atoms with van der Waals surface area (Å²) in [5.74, 6) is 0.0289. The van der Waals surface area contributed by atoms with Gasteiger partial charge in [-0.25, -0.2) is 4.39 Å². The van der Waals surface area contributed by atoms with E-state index in [-0.39, 0.29) is 17.8 Å². The Labute approximate surface area is 166 Å². The molecule has 144 valence electrons. The van der Waals surface area contributed by atoms with Crippen LogP contribution in [-0.4, -0.2) is 18.8 Å². The average molecular weight is 375 g/mol. The minimum atomic E-state index is -0.191. The van der Waals surface area contributed by atoms with Crippen LogP contribution in [0.5, 0.6) is 0 Å². The van der Waals surface area contributed by atoms with E-state index >= 15 is 0 Å². The summed E-state index contributed by atoms with van der Waals surface area (Å²) in [6.45, 7) is 1.50. The predicted octanol–water partition coefficient (Wildman–Crippen LogP) is 5.30. The first kappa shape index (κ1) is 18.9. The molecule has 3 heteroatoms. The molecule has 0 spiro atoms. The molecule has 3 aromatic carbocycles. The van der Waals surface area contributed by atoms with Crippen LogP contribution < -0.4 is 5.32 Å². The molecular weight excluding hydrogens is 349 g/mol. The lowest BCUT2D eigenvalue weighted by Crippen LogP contribution is -2.41. The third-order valence-electron chi connectivity index (χ3n) is 5.51. The van der Waals surface area contributed by atoms with E-state index in [4.69, 9.17) is 4.74 Å². The molecule has 1 fully saturated rings. The largest absolute Gasteiger partial charge is 0.377 e. The molecule has 0 aromatic heterocycles. The van der Waals surface area contributed by atoms with Gasteiger partial charge in [0.25, 0.3) is 0 Å². The molecule has 1 aliphatic rings. The Balaban J connectivity index is 1.48. The fourth-order valence-electron chi connectivity index (χ4n) is 4.05. The van der Waals surface area contributed by atoms with Gasteiger partial charge >= 0.3 is 0 Å². The van der Waals surface area contributed by atoms with Gasteiger partial charge in [-0.15, -0.1) is 0 Å². The van der Waals surface area contributed by atoms with Crippen molar-refractivity contribution in [3.8, 4) is 0 Å². The van der Waals surface area contributed by atoms with Gasteiger partial charge in [-0.3, -0.25) is 0 Å². The number of benzene rings is 3. The van der Waals surface area contributed by atoms with E-state index in [9.17, 15) is 4.39 Å². The second-order valence-corrected chi connectivity index (χ2v) is 7.44. The third kappa shape index (κ3) is 4.67. The zero-order valence-electron chi connectivity index (χ0n) is 15.9. The van der Waals surface area contributed by atoms with Crippen molar-refractivity contribution < 1.29 is 9.13 Å². The lowest BCUT2D eigenvalue weighted by atomic mass is 9.82. The van der Waals surface area contributed by atoms with E-state index in [1.54, 1.807) is 0 Å². The second-order valence-electron chi connectivity index (χ2n) is 7.44. The first-order chi connectivity index (χ1) is 13.8. The van der Waals surface area contributed by atoms with Crippen LogP contribution in [0, 0.1) is 5.82 Å². The maximum Gasteiger partial charge on any atom is 0.123 e. The SMILES string of the molecule is Fc1ccc(CN[C@H]2CCO[C@@H](C(c3ccccc3)c3ccccc3)C2)cc1. The molecule has 0 unspecified atom stereocenters. The molecule has 0 radical (unpaired) electrons. The standard InChI is InChI=1S/C25H26FNO/c26-22-13-11-19(12-14-22)18-27-23-15-16-28-24(17-23)25(20-7-3-1-4-8-20)21-9-5-2-6-10-21/h1-14,23-25,27H,15-18H2/t23-,24+/m0/s1. The van der Waals surface area contributed by atoms with Crippen molar-refractivity contribution in [3.05, 3.63) is 107 Å². The summed E-state index contributed by atoms with van der Waals surface area (Å²) in [7, 11) is 0. The zero-order valence-corrected chi connectivity index (χ0v) is 15.9. The van der Waals surface area contributed by atoms with Gasteiger partial charge < -0.3 is 10.1 Å². The fourth-order valence-corrected chi connectivity index (χ4v) is 4.05. The molecule has 1 N–H and O–H groups in total.